The summed E-state index contributed by atoms with van der Waals surface area (Å²) in [6, 6.07) is 15.0. The van der Waals surface area contributed by atoms with E-state index in [2.05, 4.69) is 5.32 Å². The van der Waals surface area contributed by atoms with Crippen LogP contribution in [0.5, 0.6) is 5.75 Å². The largest absolute Gasteiger partial charge is 0.482 e. The van der Waals surface area contributed by atoms with Crippen molar-refractivity contribution in [3.8, 4) is 5.75 Å². The van der Waals surface area contributed by atoms with Gasteiger partial charge in [0.15, 0.2) is 13.2 Å². The number of hydrogen-bond donors (Lipinski definition) is 1. The molecule has 2 aromatic rings. The maximum Gasteiger partial charge on any atom is 0.344 e. The van der Waals surface area contributed by atoms with E-state index in [1.807, 2.05) is 63.2 Å². The molecule has 2 rings (SSSR count). The SMILES string of the molecule is Cc1cccc(OCC(=O)OCC(=O)N[C@H](C)c2ccccc2)c1C. The van der Waals surface area contributed by atoms with Gasteiger partial charge in [0.25, 0.3) is 5.91 Å². The van der Waals surface area contributed by atoms with Gasteiger partial charge in [0.05, 0.1) is 6.04 Å². The number of nitrogens with one attached hydrogen (secondary N) is 1. The maximum atomic E-state index is 11.9. The minimum absolute atomic E-state index is 0.154. The molecule has 0 aliphatic carbocycles. The molecule has 1 N–H and O–H groups in total. The second-order valence-electron chi connectivity index (χ2n) is 5.85. The molecule has 0 radical (unpaired) electrons. The van der Waals surface area contributed by atoms with Crippen LogP contribution in [0.1, 0.15) is 29.7 Å². The predicted molar refractivity (Wildman–Crippen MR) is 95.4 cm³/mol. The fourth-order valence-electron chi connectivity index (χ4n) is 2.31. The number of rotatable bonds is 7. The van der Waals surface area contributed by atoms with E-state index in [0.29, 0.717) is 5.75 Å². The van der Waals surface area contributed by atoms with E-state index in [1.165, 1.54) is 0 Å². The molecule has 0 unspecified atom stereocenters. The first-order valence-corrected chi connectivity index (χ1v) is 8.16. The van der Waals surface area contributed by atoms with Crippen molar-refractivity contribution < 1.29 is 19.1 Å². The van der Waals surface area contributed by atoms with Crippen LogP contribution >= 0.6 is 0 Å². The van der Waals surface area contributed by atoms with Gasteiger partial charge in [-0.2, -0.15) is 0 Å². The molecule has 0 fully saturated rings. The standard InChI is InChI=1S/C20H23NO4/c1-14-8-7-11-18(15(14)2)24-13-20(23)25-12-19(22)21-16(3)17-9-5-4-6-10-17/h4-11,16H,12-13H2,1-3H3,(H,21,22)/t16-/m1/s1. The van der Waals surface area contributed by atoms with Crippen LogP contribution in [-0.4, -0.2) is 25.1 Å². The maximum absolute atomic E-state index is 11.9. The number of carbonyl (C=O) groups excluding carboxylic acids is 2. The third-order valence-corrected chi connectivity index (χ3v) is 3.94. The minimum Gasteiger partial charge on any atom is -0.482 e. The van der Waals surface area contributed by atoms with Gasteiger partial charge in [-0.25, -0.2) is 4.79 Å². The van der Waals surface area contributed by atoms with Gasteiger partial charge in [-0.3, -0.25) is 4.79 Å². The molecule has 0 heterocycles. The number of aryl methyl sites for hydroxylation is 1. The number of esters is 1. The van der Waals surface area contributed by atoms with E-state index in [-0.39, 0.29) is 25.2 Å². The first-order valence-electron chi connectivity index (χ1n) is 8.16. The summed E-state index contributed by atoms with van der Waals surface area (Å²) < 4.78 is 10.4. The lowest BCUT2D eigenvalue weighted by Crippen LogP contribution is -2.31. The van der Waals surface area contributed by atoms with E-state index < -0.39 is 5.97 Å². The fourth-order valence-corrected chi connectivity index (χ4v) is 2.31. The van der Waals surface area contributed by atoms with E-state index in [9.17, 15) is 9.59 Å². The smallest absolute Gasteiger partial charge is 0.344 e. The highest BCUT2D eigenvalue weighted by Crippen LogP contribution is 2.20. The first kappa shape index (κ1) is 18.5. The average Bonchev–Trinajstić information content (AvgIpc) is 2.62. The third-order valence-electron chi connectivity index (χ3n) is 3.94. The highest BCUT2D eigenvalue weighted by molar-refractivity contribution is 5.81. The molecule has 0 saturated heterocycles. The van der Waals surface area contributed by atoms with E-state index in [1.54, 1.807) is 6.07 Å². The molecule has 2 aromatic carbocycles. The van der Waals surface area contributed by atoms with Crippen LogP contribution in [0.4, 0.5) is 0 Å². The normalized spacial score (nSPS) is 11.5. The van der Waals surface area contributed by atoms with Crippen molar-refractivity contribution >= 4 is 11.9 Å². The zero-order chi connectivity index (χ0) is 18.2. The van der Waals surface area contributed by atoms with Crippen LogP contribution in [0, 0.1) is 13.8 Å². The van der Waals surface area contributed by atoms with Crippen molar-refractivity contribution in [3.05, 3.63) is 65.2 Å². The Morgan fingerprint density at radius 1 is 1.00 bits per heavy atom. The zero-order valence-corrected chi connectivity index (χ0v) is 14.7. The molecular weight excluding hydrogens is 318 g/mol. The molecular formula is C20H23NO4. The Morgan fingerprint density at radius 3 is 2.44 bits per heavy atom. The summed E-state index contributed by atoms with van der Waals surface area (Å²) in [6.07, 6.45) is 0. The first-order chi connectivity index (χ1) is 12.0. The van der Waals surface area contributed by atoms with Gasteiger partial charge in [-0.15, -0.1) is 0 Å². The summed E-state index contributed by atoms with van der Waals surface area (Å²) in [6.45, 7) is 5.21. The summed E-state index contributed by atoms with van der Waals surface area (Å²) in [5, 5.41) is 2.78. The number of ether oxygens (including phenoxy) is 2. The zero-order valence-electron chi connectivity index (χ0n) is 14.7. The van der Waals surface area contributed by atoms with Crippen LogP contribution in [0.3, 0.4) is 0 Å². The van der Waals surface area contributed by atoms with Gasteiger partial charge in [-0.1, -0.05) is 42.5 Å². The lowest BCUT2D eigenvalue weighted by molar-refractivity contribution is -0.150. The number of carbonyl (C=O) groups is 2. The van der Waals surface area contributed by atoms with E-state index in [0.717, 1.165) is 16.7 Å². The lowest BCUT2D eigenvalue weighted by atomic mass is 10.1. The average molecular weight is 341 g/mol. The quantitative estimate of drug-likeness (QED) is 0.786. The minimum atomic E-state index is -0.580. The van der Waals surface area contributed by atoms with Crippen molar-refractivity contribution in [2.45, 2.75) is 26.8 Å². The predicted octanol–water partition coefficient (Wildman–Crippen LogP) is 3.10. The van der Waals surface area contributed by atoms with Crippen LogP contribution in [0.2, 0.25) is 0 Å². The monoisotopic (exact) mass is 341 g/mol. The Balaban J connectivity index is 1.74. The Labute approximate surface area is 148 Å². The molecule has 0 bridgehead atoms. The van der Waals surface area contributed by atoms with Crippen LogP contribution in [0.25, 0.3) is 0 Å². The molecule has 0 saturated carbocycles. The summed E-state index contributed by atoms with van der Waals surface area (Å²) in [4.78, 5) is 23.6. The van der Waals surface area contributed by atoms with Crippen molar-refractivity contribution in [1.82, 2.24) is 5.32 Å². The Hall–Kier alpha value is -2.82. The summed E-state index contributed by atoms with van der Waals surface area (Å²) >= 11 is 0. The summed E-state index contributed by atoms with van der Waals surface area (Å²) in [7, 11) is 0. The lowest BCUT2D eigenvalue weighted by Gasteiger charge is -2.14. The molecule has 132 valence electrons. The van der Waals surface area contributed by atoms with E-state index >= 15 is 0 Å². The second-order valence-corrected chi connectivity index (χ2v) is 5.85. The van der Waals surface area contributed by atoms with Gasteiger partial charge < -0.3 is 14.8 Å². The Kier molecular flexibility index (Phi) is 6.57. The molecule has 5 heteroatoms. The third kappa shape index (κ3) is 5.64. The molecule has 0 aliphatic heterocycles. The van der Waals surface area contributed by atoms with Crippen molar-refractivity contribution in [2.75, 3.05) is 13.2 Å². The second kappa shape index (κ2) is 8.87. The Morgan fingerprint density at radius 2 is 1.72 bits per heavy atom. The highest BCUT2D eigenvalue weighted by atomic mass is 16.6. The molecule has 5 nitrogen and oxygen atoms in total. The van der Waals surface area contributed by atoms with Crippen molar-refractivity contribution in [3.63, 3.8) is 0 Å². The molecule has 25 heavy (non-hydrogen) atoms. The molecule has 0 aromatic heterocycles. The van der Waals surface area contributed by atoms with Gasteiger partial charge in [0.1, 0.15) is 5.75 Å². The van der Waals surface area contributed by atoms with E-state index in [4.69, 9.17) is 9.47 Å². The number of amides is 1. The number of hydrogen-bond acceptors (Lipinski definition) is 4. The summed E-state index contributed by atoms with van der Waals surface area (Å²) in [5.41, 5.74) is 3.05. The van der Waals surface area contributed by atoms with Gasteiger partial charge in [0.2, 0.25) is 0 Å². The van der Waals surface area contributed by atoms with Gasteiger partial charge >= 0.3 is 5.97 Å². The Bertz CT molecular complexity index is 728. The van der Waals surface area contributed by atoms with Gasteiger partial charge in [0, 0.05) is 0 Å². The van der Waals surface area contributed by atoms with Crippen LogP contribution < -0.4 is 10.1 Å². The molecule has 1 amide bonds. The van der Waals surface area contributed by atoms with Crippen LogP contribution in [-0.2, 0) is 14.3 Å². The molecule has 0 spiro atoms. The number of benzene rings is 2. The summed E-state index contributed by atoms with van der Waals surface area (Å²) in [5.74, 6) is -0.293. The van der Waals surface area contributed by atoms with Crippen LogP contribution in [0.15, 0.2) is 48.5 Å². The highest BCUT2D eigenvalue weighted by Gasteiger charge is 2.12. The topological polar surface area (TPSA) is 64.6 Å². The van der Waals surface area contributed by atoms with Crippen molar-refractivity contribution in [2.24, 2.45) is 0 Å². The molecule has 0 aliphatic rings. The van der Waals surface area contributed by atoms with Gasteiger partial charge in [-0.05, 0) is 43.5 Å². The fraction of sp³-hybridized carbons (Fsp3) is 0.300. The molecule has 1 atom stereocenters. The van der Waals surface area contributed by atoms with Crippen molar-refractivity contribution in [1.29, 1.82) is 0 Å².